The normalized spacial score (nSPS) is 20.1. The smallest absolute Gasteiger partial charge is 0.123 e. The Balaban J connectivity index is 2.71. The van der Waals surface area contributed by atoms with Crippen molar-refractivity contribution in [1.82, 2.24) is 0 Å². The SMILES string of the molecule is [B]C([B])=C(C1CCC(C([B])([B])O)=CC1c1c(O)cc(CCC)cc1O)C([B])([B])[B]. The Bertz CT molecular complexity index is 795. The van der Waals surface area contributed by atoms with E-state index in [9.17, 15) is 15.3 Å². The van der Waals surface area contributed by atoms with E-state index in [1.165, 1.54) is 0 Å². The van der Waals surface area contributed by atoms with Crippen molar-refractivity contribution in [3.8, 4) is 11.5 Å². The summed E-state index contributed by atoms with van der Waals surface area (Å²) in [5.41, 5.74) is 1.46. The van der Waals surface area contributed by atoms with E-state index in [1.807, 2.05) is 6.92 Å². The zero-order valence-corrected chi connectivity index (χ0v) is 16.6. The van der Waals surface area contributed by atoms with E-state index in [1.54, 1.807) is 18.2 Å². The van der Waals surface area contributed by atoms with Gasteiger partial charge in [-0.1, -0.05) is 25.0 Å². The fourth-order valence-electron chi connectivity index (χ4n) is 4.09. The van der Waals surface area contributed by atoms with Crippen molar-refractivity contribution in [3.63, 3.8) is 0 Å². The van der Waals surface area contributed by atoms with Crippen molar-refractivity contribution >= 4 is 54.9 Å². The number of aryl methyl sites for hydroxylation is 1. The summed E-state index contributed by atoms with van der Waals surface area (Å²) in [6, 6.07) is 3.15. The number of aromatic hydroxyl groups is 2. The van der Waals surface area contributed by atoms with E-state index >= 15 is 0 Å². The first kappa shape index (κ1) is 24.0. The van der Waals surface area contributed by atoms with Crippen molar-refractivity contribution in [3.05, 3.63) is 45.9 Å². The molecule has 29 heavy (non-hydrogen) atoms. The third-order valence-corrected chi connectivity index (χ3v) is 5.27. The van der Waals surface area contributed by atoms with Gasteiger partial charge >= 0.3 is 0 Å². The minimum atomic E-state index is -2.07. The molecule has 0 spiro atoms. The summed E-state index contributed by atoms with van der Waals surface area (Å²) in [5.74, 6) is -1.57. The molecule has 1 aromatic carbocycles. The molecule has 134 valence electrons. The Morgan fingerprint density at radius 1 is 1.07 bits per heavy atom. The van der Waals surface area contributed by atoms with E-state index in [0.29, 0.717) is 18.4 Å². The van der Waals surface area contributed by atoms with Gasteiger partial charge in [0.15, 0.2) is 0 Å². The van der Waals surface area contributed by atoms with Crippen LogP contribution in [-0.2, 0) is 6.42 Å². The summed E-state index contributed by atoms with van der Waals surface area (Å²) in [6.07, 6.45) is 3.70. The Hall–Kier alpha value is -1.29. The van der Waals surface area contributed by atoms with Gasteiger partial charge in [-0.15, -0.1) is 10.7 Å². The lowest BCUT2D eigenvalue weighted by Crippen LogP contribution is -2.36. The number of phenolic OH excluding ortho intramolecular Hbond substituents is 2. The third-order valence-electron chi connectivity index (χ3n) is 5.27. The molecule has 2 rings (SSSR count). The largest absolute Gasteiger partial charge is 0.507 e. The molecule has 14 radical (unpaired) electrons. The molecule has 0 bridgehead atoms. The van der Waals surface area contributed by atoms with Crippen LogP contribution >= 0.6 is 0 Å². The summed E-state index contributed by atoms with van der Waals surface area (Å²) in [6.45, 7) is 1.99. The van der Waals surface area contributed by atoms with Gasteiger partial charge in [0.2, 0.25) is 0 Å². The number of aliphatic hydroxyl groups is 1. The van der Waals surface area contributed by atoms with Crippen molar-refractivity contribution in [2.24, 2.45) is 5.92 Å². The number of rotatable bonds is 6. The third kappa shape index (κ3) is 5.45. The minimum absolute atomic E-state index is 0.134. The van der Waals surface area contributed by atoms with Gasteiger partial charge in [0.25, 0.3) is 0 Å². The number of hydrogen-bond acceptors (Lipinski definition) is 3. The first-order valence-corrected chi connectivity index (χ1v) is 9.45. The summed E-state index contributed by atoms with van der Waals surface area (Å²) >= 11 is 0. The molecule has 1 aliphatic carbocycles. The first-order valence-electron chi connectivity index (χ1n) is 9.45. The Kier molecular flexibility index (Phi) is 7.31. The molecule has 0 heterocycles. The molecule has 0 amide bonds. The Morgan fingerprint density at radius 2 is 1.62 bits per heavy atom. The van der Waals surface area contributed by atoms with Crippen LogP contribution in [0, 0.1) is 5.92 Å². The van der Waals surface area contributed by atoms with Crippen LogP contribution in [-0.4, -0.2) is 75.6 Å². The van der Waals surface area contributed by atoms with Crippen LogP contribution in [0.25, 0.3) is 0 Å². The molecule has 0 saturated carbocycles. The van der Waals surface area contributed by atoms with Crippen LogP contribution in [0.15, 0.2) is 34.7 Å². The standard InChI is InChI=1S/C19H19B7O3/c1-2-3-9-6-13(27)15(14(28)7-9)12-8-10(19(25,26)29)4-5-11(12)16(17(20)21)18(22,23)24/h6-8,11-12,27-29H,2-5H2,1H3. The molecule has 0 saturated heterocycles. The van der Waals surface area contributed by atoms with Crippen LogP contribution < -0.4 is 0 Å². The summed E-state index contributed by atoms with van der Waals surface area (Å²) in [5, 5.41) is 27.4. The lowest BCUT2D eigenvalue weighted by molar-refractivity contribution is 0.237. The van der Waals surface area contributed by atoms with E-state index in [2.05, 4.69) is 0 Å². The molecular formula is C19H19B7O3. The van der Waals surface area contributed by atoms with E-state index in [4.69, 9.17) is 54.9 Å². The van der Waals surface area contributed by atoms with Crippen LogP contribution in [0.4, 0.5) is 0 Å². The average Bonchev–Trinajstić information content (AvgIpc) is 2.53. The molecule has 10 heteroatoms. The van der Waals surface area contributed by atoms with Crippen molar-refractivity contribution in [2.75, 3.05) is 0 Å². The van der Waals surface area contributed by atoms with Crippen molar-refractivity contribution in [2.45, 2.75) is 49.0 Å². The zero-order valence-electron chi connectivity index (χ0n) is 16.6. The first-order chi connectivity index (χ1) is 13.3. The Morgan fingerprint density at radius 3 is 2.03 bits per heavy atom. The van der Waals surface area contributed by atoms with Crippen LogP contribution in [0.5, 0.6) is 11.5 Å². The van der Waals surface area contributed by atoms with Crippen LogP contribution in [0.3, 0.4) is 0 Å². The second-order valence-electron chi connectivity index (χ2n) is 7.79. The van der Waals surface area contributed by atoms with E-state index < -0.39 is 22.3 Å². The zero-order chi connectivity index (χ0) is 22.1. The average molecular weight is 371 g/mol. The molecular weight excluding hydrogens is 352 g/mol. The Labute approximate surface area is 182 Å². The van der Waals surface area contributed by atoms with Gasteiger partial charge in [-0.25, -0.2) is 0 Å². The van der Waals surface area contributed by atoms with Gasteiger partial charge in [-0.3, -0.25) is 0 Å². The molecule has 3 N–H and O–H groups in total. The van der Waals surface area contributed by atoms with Gasteiger partial charge in [-0.2, -0.15) is 5.37 Å². The quantitative estimate of drug-likeness (QED) is 0.507. The molecule has 2 atom stereocenters. The minimum Gasteiger partial charge on any atom is -0.507 e. The fraction of sp³-hybridized carbons (Fsp3) is 0.474. The van der Waals surface area contributed by atoms with Crippen molar-refractivity contribution in [1.29, 1.82) is 0 Å². The van der Waals surface area contributed by atoms with Gasteiger partial charge < -0.3 is 15.3 Å². The highest BCUT2D eigenvalue weighted by Gasteiger charge is 2.37. The summed E-state index contributed by atoms with van der Waals surface area (Å²) < 4.78 is 0. The van der Waals surface area contributed by atoms with Gasteiger partial charge in [0.1, 0.15) is 27.2 Å². The van der Waals surface area contributed by atoms with Gasteiger partial charge in [0.05, 0.1) is 39.2 Å². The van der Waals surface area contributed by atoms with E-state index in [-0.39, 0.29) is 34.4 Å². The lowest BCUT2D eigenvalue weighted by Gasteiger charge is -2.42. The summed E-state index contributed by atoms with van der Waals surface area (Å²) in [7, 11) is 40.7. The molecule has 2 unspecified atom stereocenters. The monoisotopic (exact) mass is 372 g/mol. The van der Waals surface area contributed by atoms with Gasteiger partial charge in [-0.05, 0) is 42.9 Å². The highest BCUT2D eigenvalue weighted by molar-refractivity contribution is 6.62. The molecule has 0 fully saturated rings. The molecule has 1 aromatic rings. The maximum absolute atomic E-state index is 10.7. The summed E-state index contributed by atoms with van der Waals surface area (Å²) in [4.78, 5) is 0. The number of benzene rings is 1. The fourth-order valence-corrected chi connectivity index (χ4v) is 4.09. The van der Waals surface area contributed by atoms with Crippen LogP contribution in [0.2, 0.25) is 5.11 Å². The number of allylic oxidation sites excluding steroid dienone is 2. The maximum Gasteiger partial charge on any atom is 0.123 e. The molecule has 1 aliphatic rings. The van der Waals surface area contributed by atoms with Crippen LogP contribution in [0.1, 0.15) is 43.2 Å². The molecule has 0 aromatic heterocycles. The molecule has 3 nitrogen and oxygen atoms in total. The lowest BCUT2D eigenvalue weighted by atomic mass is 9.35. The highest BCUT2D eigenvalue weighted by atomic mass is 16.3. The van der Waals surface area contributed by atoms with Gasteiger partial charge in [0, 0.05) is 16.9 Å². The topological polar surface area (TPSA) is 60.7 Å². The predicted octanol–water partition coefficient (Wildman–Crippen LogP) is 0.581. The predicted molar refractivity (Wildman–Crippen MR) is 122 cm³/mol. The molecule has 0 aliphatic heterocycles. The highest BCUT2D eigenvalue weighted by Crippen LogP contribution is 2.51. The maximum atomic E-state index is 10.7. The number of phenols is 2. The number of hydrogen-bond donors (Lipinski definition) is 3. The second-order valence-corrected chi connectivity index (χ2v) is 7.79. The van der Waals surface area contributed by atoms with E-state index in [0.717, 1.165) is 12.0 Å². The van der Waals surface area contributed by atoms with Crippen molar-refractivity contribution < 1.29 is 15.3 Å². The second kappa shape index (κ2) is 8.84.